The third-order valence-electron chi connectivity index (χ3n) is 2.73. The molecule has 1 N–H and O–H groups in total. The smallest absolute Gasteiger partial charge is 0.148 e. The Kier molecular flexibility index (Phi) is 2.36. The number of nitrogens with zero attached hydrogens (tertiary/aromatic N) is 2. The van der Waals surface area contributed by atoms with Crippen molar-refractivity contribution >= 4 is 21.7 Å². The van der Waals surface area contributed by atoms with Crippen molar-refractivity contribution in [1.29, 1.82) is 0 Å². The molecule has 16 heavy (non-hydrogen) atoms. The molecule has 2 heterocycles. The Bertz CT molecular complexity index is 502. The van der Waals surface area contributed by atoms with E-state index >= 15 is 0 Å². The summed E-state index contributed by atoms with van der Waals surface area (Å²) in [5, 5.41) is 3.38. The highest BCUT2D eigenvalue weighted by atomic mass is 79.9. The molecule has 1 aliphatic rings. The maximum atomic E-state index is 4.32. The summed E-state index contributed by atoms with van der Waals surface area (Å²) in [5.41, 5.74) is 2.31. The molecule has 1 atom stereocenters. The summed E-state index contributed by atoms with van der Waals surface area (Å²) in [6.07, 6.45) is 4.36. The van der Waals surface area contributed by atoms with Gasteiger partial charge in [0.1, 0.15) is 5.82 Å². The molecule has 1 aromatic carbocycles. The molecule has 0 aliphatic carbocycles. The van der Waals surface area contributed by atoms with Crippen LogP contribution in [0.3, 0.4) is 0 Å². The van der Waals surface area contributed by atoms with Gasteiger partial charge in [0, 0.05) is 23.3 Å². The highest BCUT2D eigenvalue weighted by Gasteiger charge is 2.23. The Hall–Kier alpha value is -1.42. The van der Waals surface area contributed by atoms with Gasteiger partial charge in [0.15, 0.2) is 0 Å². The third kappa shape index (κ3) is 1.69. The first kappa shape index (κ1) is 9.78. The van der Waals surface area contributed by atoms with Crippen molar-refractivity contribution < 1.29 is 0 Å². The normalized spacial score (nSPS) is 17.9. The Labute approximate surface area is 102 Å². The average Bonchev–Trinajstić information content (AvgIpc) is 2.72. The molecule has 2 aromatic rings. The van der Waals surface area contributed by atoms with Crippen molar-refractivity contribution in [2.24, 2.45) is 0 Å². The van der Waals surface area contributed by atoms with E-state index in [0.717, 1.165) is 22.4 Å². The molecular weight excluding hydrogens is 266 g/mol. The van der Waals surface area contributed by atoms with Gasteiger partial charge in [-0.15, -0.1) is 0 Å². The van der Waals surface area contributed by atoms with E-state index in [1.807, 2.05) is 12.1 Å². The second kappa shape index (κ2) is 3.87. The van der Waals surface area contributed by atoms with Crippen LogP contribution in [-0.2, 0) is 6.42 Å². The van der Waals surface area contributed by atoms with E-state index in [4.69, 9.17) is 0 Å². The number of anilines is 1. The second-order valence-electron chi connectivity index (χ2n) is 3.81. The summed E-state index contributed by atoms with van der Waals surface area (Å²) in [4.78, 5) is 8.59. The predicted molar refractivity (Wildman–Crippen MR) is 66.2 cm³/mol. The van der Waals surface area contributed by atoms with Gasteiger partial charge in [0.05, 0.1) is 11.7 Å². The quantitative estimate of drug-likeness (QED) is 0.870. The second-order valence-corrected chi connectivity index (χ2v) is 4.72. The summed E-state index contributed by atoms with van der Waals surface area (Å²) in [6, 6.07) is 8.61. The SMILES string of the molecule is Brc1cccc(C2Cc3nccnc3N2)c1. The number of rotatable bonds is 1. The zero-order valence-electron chi connectivity index (χ0n) is 8.52. The molecule has 4 heteroatoms. The Morgan fingerprint density at radius 2 is 2.12 bits per heavy atom. The zero-order valence-corrected chi connectivity index (χ0v) is 10.1. The lowest BCUT2D eigenvalue weighted by atomic mass is 10.1. The minimum absolute atomic E-state index is 0.287. The largest absolute Gasteiger partial charge is 0.361 e. The van der Waals surface area contributed by atoms with Crippen molar-refractivity contribution in [1.82, 2.24) is 9.97 Å². The number of aromatic nitrogens is 2. The molecule has 0 amide bonds. The molecule has 0 bridgehead atoms. The first-order valence-electron chi connectivity index (χ1n) is 5.15. The molecule has 1 aromatic heterocycles. The summed E-state index contributed by atoms with van der Waals surface area (Å²) in [7, 11) is 0. The summed E-state index contributed by atoms with van der Waals surface area (Å²) < 4.78 is 1.10. The molecule has 0 saturated heterocycles. The van der Waals surface area contributed by atoms with Crippen molar-refractivity contribution in [2.45, 2.75) is 12.5 Å². The number of hydrogen-bond donors (Lipinski definition) is 1. The van der Waals surface area contributed by atoms with Gasteiger partial charge in [-0.05, 0) is 17.7 Å². The monoisotopic (exact) mass is 275 g/mol. The average molecular weight is 276 g/mol. The topological polar surface area (TPSA) is 37.8 Å². The summed E-state index contributed by atoms with van der Waals surface area (Å²) in [6.45, 7) is 0. The molecule has 0 radical (unpaired) electrons. The van der Waals surface area contributed by atoms with Crippen molar-refractivity contribution in [3.63, 3.8) is 0 Å². The maximum Gasteiger partial charge on any atom is 0.148 e. The minimum atomic E-state index is 0.287. The first-order valence-corrected chi connectivity index (χ1v) is 5.94. The van der Waals surface area contributed by atoms with Crippen LogP contribution >= 0.6 is 15.9 Å². The van der Waals surface area contributed by atoms with Gasteiger partial charge in [-0.2, -0.15) is 0 Å². The van der Waals surface area contributed by atoms with E-state index in [-0.39, 0.29) is 6.04 Å². The number of halogens is 1. The summed E-state index contributed by atoms with van der Waals surface area (Å²) >= 11 is 3.49. The van der Waals surface area contributed by atoms with Gasteiger partial charge in [-0.25, -0.2) is 4.98 Å². The fourth-order valence-electron chi connectivity index (χ4n) is 1.97. The van der Waals surface area contributed by atoms with Gasteiger partial charge in [0.2, 0.25) is 0 Å². The van der Waals surface area contributed by atoms with Crippen LogP contribution in [0.5, 0.6) is 0 Å². The van der Waals surface area contributed by atoms with E-state index < -0.39 is 0 Å². The van der Waals surface area contributed by atoms with Crippen LogP contribution in [-0.4, -0.2) is 9.97 Å². The highest BCUT2D eigenvalue weighted by Crippen LogP contribution is 2.31. The van der Waals surface area contributed by atoms with E-state index in [1.165, 1.54) is 5.56 Å². The van der Waals surface area contributed by atoms with Gasteiger partial charge >= 0.3 is 0 Å². The van der Waals surface area contributed by atoms with Crippen LogP contribution in [0, 0.1) is 0 Å². The molecule has 3 nitrogen and oxygen atoms in total. The van der Waals surface area contributed by atoms with Crippen LogP contribution in [0.1, 0.15) is 17.3 Å². The third-order valence-corrected chi connectivity index (χ3v) is 3.23. The first-order chi connectivity index (χ1) is 7.83. The van der Waals surface area contributed by atoms with E-state index in [2.05, 4.69) is 43.3 Å². The van der Waals surface area contributed by atoms with Crippen LogP contribution in [0.2, 0.25) is 0 Å². The van der Waals surface area contributed by atoms with Crippen LogP contribution in [0.15, 0.2) is 41.1 Å². The molecular formula is C12H10BrN3. The lowest BCUT2D eigenvalue weighted by molar-refractivity contribution is 0.809. The van der Waals surface area contributed by atoms with Crippen molar-refractivity contribution in [3.8, 4) is 0 Å². The van der Waals surface area contributed by atoms with E-state index in [1.54, 1.807) is 12.4 Å². The Balaban J connectivity index is 1.91. The van der Waals surface area contributed by atoms with Crippen LogP contribution in [0.25, 0.3) is 0 Å². The van der Waals surface area contributed by atoms with Crippen LogP contribution < -0.4 is 5.32 Å². The predicted octanol–water partition coefficient (Wildman–Crippen LogP) is 2.95. The maximum absolute atomic E-state index is 4.32. The van der Waals surface area contributed by atoms with Crippen molar-refractivity contribution in [3.05, 3.63) is 52.4 Å². The number of benzene rings is 1. The molecule has 1 unspecified atom stereocenters. The number of fused-ring (bicyclic) bond motifs is 1. The van der Waals surface area contributed by atoms with Gasteiger partial charge in [-0.1, -0.05) is 28.1 Å². The van der Waals surface area contributed by atoms with E-state index in [9.17, 15) is 0 Å². The molecule has 0 fully saturated rings. The standard InChI is InChI=1S/C12H10BrN3/c13-9-3-1-2-8(6-9)10-7-11-12(16-10)15-5-4-14-11/h1-6,10H,7H2,(H,15,16). The fraction of sp³-hybridized carbons (Fsp3) is 0.167. The lowest BCUT2D eigenvalue weighted by Crippen LogP contribution is -2.05. The fourth-order valence-corrected chi connectivity index (χ4v) is 2.39. The number of hydrogen-bond acceptors (Lipinski definition) is 3. The van der Waals surface area contributed by atoms with Gasteiger partial charge < -0.3 is 5.32 Å². The van der Waals surface area contributed by atoms with Gasteiger partial charge in [-0.3, -0.25) is 4.98 Å². The minimum Gasteiger partial charge on any atom is -0.361 e. The molecule has 0 saturated carbocycles. The van der Waals surface area contributed by atoms with E-state index in [0.29, 0.717) is 0 Å². The van der Waals surface area contributed by atoms with Crippen LogP contribution in [0.4, 0.5) is 5.82 Å². The highest BCUT2D eigenvalue weighted by molar-refractivity contribution is 9.10. The molecule has 1 aliphatic heterocycles. The lowest BCUT2D eigenvalue weighted by Gasteiger charge is -2.10. The van der Waals surface area contributed by atoms with Crippen molar-refractivity contribution in [2.75, 3.05) is 5.32 Å². The molecule has 0 spiro atoms. The molecule has 3 rings (SSSR count). The molecule has 80 valence electrons. The zero-order chi connectivity index (χ0) is 11.0. The Morgan fingerprint density at radius 1 is 1.25 bits per heavy atom. The number of nitrogens with one attached hydrogen (secondary N) is 1. The Morgan fingerprint density at radius 3 is 2.94 bits per heavy atom. The van der Waals surface area contributed by atoms with Gasteiger partial charge in [0.25, 0.3) is 0 Å². The summed E-state index contributed by atoms with van der Waals surface area (Å²) in [5.74, 6) is 0.910.